The Bertz CT molecular complexity index is 2470. The standard InChI is InChI=1S/C48H42N4O/c1-32-26-33(2)46(34(3)27-32)51-31-50(44-23-11-12-24-45(44)51)36-18-15-19-37(28-36)53-38-29-39(42-21-13-14-25-49-42)47-41(30-38)48(4,5)40-20-9-10-22-43(40)52(47)35-16-7-6-8-17-35/h6-30H,31H2,1-5H3. The van der Waals surface area contributed by atoms with Crippen molar-refractivity contribution in [3.8, 4) is 22.8 Å². The first-order valence-corrected chi connectivity index (χ1v) is 18.3. The van der Waals surface area contributed by atoms with Crippen molar-refractivity contribution < 1.29 is 4.74 Å². The molecule has 0 atom stereocenters. The van der Waals surface area contributed by atoms with Gasteiger partial charge < -0.3 is 19.4 Å². The molecule has 0 unspecified atom stereocenters. The molecule has 0 amide bonds. The maximum atomic E-state index is 6.89. The average molecular weight is 691 g/mol. The summed E-state index contributed by atoms with van der Waals surface area (Å²) in [5.74, 6) is 1.55. The van der Waals surface area contributed by atoms with Gasteiger partial charge >= 0.3 is 0 Å². The second-order valence-corrected chi connectivity index (χ2v) is 14.7. The van der Waals surface area contributed by atoms with Crippen LogP contribution in [-0.4, -0.2) is 11.7 Å². The van der Waals surface area contributed by atoms with E-state index in [-0.39, 0.29) is 5.41 Å². The maximum Gasteiger partial charge on any atom is 0.129 e. The molecule has 7 aromatic rings. The van der Waals surface area contributed by atoms with Crippen LogP contribution in [0.2, 0.25) is 0 Å². The van der Waals surface area contributed by atoms with Gasteiger partial charge in [-0.3, -0.25) is 4.98 Å². The molecule has 53 heavy (non-hydrogen) atoms. The Labute approximate surface area is 312 Å². The monoisotopic (exact) mass is 690 g/mol. The smallest absolute Gasteiger partial charge is 0.129 e. The lowest BCUT2D eigenvalue weighted by Gasteiger charge is -2.43. The third-order valence-corrected chi connectivity index (χ3v) is 10.8. The number of rotatable bonds is 6. The maximum absolute atomic E-state index is 6.89. The SMILES string of the molecule is Cc1cc(C)c(N2CN(c3cccc(Oc4cc(-c5ccccn5)c5c(c4)C(C)(C)c4ccccc4N5c4ccccc4)c3)c3ccccc32)c(C)c1. The summed E-state index contributed by atoms with van der Waals surface area (Å²) in [6.45, 7) is 11.9. The van der Waals surface area contributed by atoms with E-state index >= 15 is 0 Å². The number of fused-ring (bicyclic) bond motifs is 3. The third-order valence-electron chi connectivity index (χ3n) is 10.8. The molecular weight excluding hydrogens is 649 g/mol. The minimum Gasteiger partial charge on any atom is -0.457 e. The minimum absolute atomic E-state index is 0.309. The largest absolute Gasteiger partial charge is 0.457 e. The summed E-state index contributed by atoms with van der Waals surface area (Å²) in [6, 6.07) is 51.6. The van der Waals surface area contributed by atoms with Crippen LogP contribution in [0.3, 0.4) is 0 Å². The number of pyridine rings is 1. The number of ether oxygens (including phenoxy) is 1. The van der Waals surface area contributed by atoms with Crippen LogP contribution in [0.25, 0.3) is 11.3 Å². The number of hydrogen-bond donors (Lipinski definition) is 0. The highest BCUT2D eigenvalue weighted by Crippen LogP contribution is 2.56. The number of aryl methyl sites for hydroxylation is 3. The van der Waals surface area contributed by atoms with Gasteiger partial charge in [-0.05, 0) is 110 Å². The Morgan fingerprint density at radius 3 is 1.94 bits per heavy atom. The van der Waals surface area contributed by atoms with Crippen LogP contribution >= 0.6 is 0 Å². The van der Waals surface area contributed by atoms with Crippen LogP contribution in [0.1, 0.15) is 41.7 Å². The van der Waals surface area contributed by atoms with Crippen LogP contribution < -0.4 is 19.4 Å². The number of para-hydroxylation sites is 4. The molecule has 9 rings (SSSR count). The van der Waals surface area contributed by atoms with Crippen molar-refractivity contribution in [1.82, 2.24) is 4.98 Å². The van der Waals surface area contributed by atoms with E-state index < -0.39 is 0 Å². The van der Waals surface area contributed by atoms with E-state index in [1.807, 2.05) is 18.3 Å². The molecule has 5 nitrogen and oxygen atoms in total. The molecule has 0 aliphatic carbocycles. The van der Waals surface area contributed by atoms with Crippen molar-refractivity contribution in [3.05, 3.63) is 180 Å². The van der Waals surface area contributed by atoms with Gasteiger partial charge in [-0.15, -0.1) is 0 Å². The van der Waals surface area contributed by atoms with Crippen molar-refractivity contribution in [2.75, 3.05) is 21.4 Å². The summed E-state index contributed by atoms with van der Waals surface area (Å²) in [4.78, 5) is 12.1. The van der Waals surface area contributed by atoms with Gasteiger partial charge in [-0.1, -0.05) is 92.2 Å². The molecule has 0 N–H and O–H groups in total. The highest BCUT2D eigenvalue weighted by Gasteiger charge is 2.39. The highest BCUT2D eigenvalue weighted by molar-refractivity contribution is 5.95. The summed E-state index contributed by atoms with van der Waals surface area (Å²) in [5, 5.41) is 0. The Kier molecular flexibility index (Phi) is 7.81. The predicted octanol–water partition coefficient (Wildman–Crippen LogP) is 12.8. The zero-order valence-electron chi connectivity index (χ0n) is 30.8. The third kappa shape index (κ3) is 5.51. The van der Waals surface area contributed by atoms with Crippen molar-refractivity contribution >= 4 is 39.8 Å². The number of benzene rings is 6. The van der Waals surface area contributed by atoms with Gasteiger partial charge in [0.05, 0.1) is 28.4 Å². The lowest BCUT2D eigenvalue weighted by molar-refractivity contribution is 0.480. The number of aromatic nitrogens is 1. The summed E-state index contributed by atoms with van der Waals surface area (Å²) in [5.41, 5.74) is 16.0. The van der Waals surface area contributed by atoms with Crippen LogP contribution in [0.4, 0.5) is 39.8 Å². The summed E-state index contributed by atoms with van der Waals surface area (Å²) in [7, 11) is 0. The first-order chi connectivity index (χ1) is 25.8. The molecule has 0 spiro atoms. The van der Waals surface area contributed by atoms with E-state index in [0.29, 0.717) is 6.67 Å². The molecule has 0 saturated heterocycles. The van der Waals surface area contributed by atoms with Gasteiger partial charge in [-0.2, -0.15) is 0 Å². The summed E-state index contributed by atoms with van der Waals surface area (Å²) >= 11 is 0. The van der Waals surface area contributed by atoms with Crippen molar-refractivity contribution in [2.45, 2.75) is 40.0 Å². The second kappa shape index (κ2) is 12.7. The normalized spacial score (nSPS) is 14.1. The number of nitrogens with zero attached hydrogens (tertiary/aromatic N) is 4. The van der Waals surface area contributed by atoms with E-state index in [4.69, 9.17) is 9.72 Å². The molecule has 2 aliphatic heterocycles. The molecule has 3 heterocycles. The first kappa shape index (κ1) is 32.6. The van der Waals surface area contributed by atoms with Gasteiger partial charge in [0, 0.05) is 40.3 Å². The Hall–Kier alpha value is -6.33. The lowest BCUT2D eigenvalue weighted by Crippen LogP contribution is -2.31. The van der Waals surface area contributed by atoms with Gasteiger partial charge in [0.25, 0.3) is 0 Å². The molecule has 0 saturated carbocycles. The Morgan fingerprint density at radius 2 is 1.21 bits per heavy atom. The fourth-order valence-electron chi connectivity index (χ4n) is 8.48. The zero-order chi connectivity index (χ0) is 36.3. The molecule has 260 valence electrons. The molecular formula is C48H42N4O. The summed E-state index contributed by atoms with van der Waals surface area (Å²) < 4.78 is 6.89. The minimum atomic E-state index is -0.309. The Morgan fingerprint density at radius 1 is 0.547 bits per heavy atom. The van der Waals surface area contributed by atoms with Crippen LogP contribution in [0, 0.1) is 20.8 Å². The number of hydrogen-bond acceptors (Lipinski definition) is 5. The van der Waals surface area contributed by atoms with Crippen LogP contribution in [-0.2, 0) is 5.41 Å². The van der Waals surface area contributed by atoms with Gasteiger partial charge in [0.2, 0.25) is 0 Å². The van der Waals surface area contributed by atoms with Crippen molar-refractivity contribution in [3.63, 3.8) is 0 Å². The van der Waals surface area contributed by atoms with Crippen LogP contribution in [0.15, 0.2) is 152 Å². The molecule has 0 fully saturated rings. The first-order valence-electron chi connectivity index (χ1n) is 18.3. The molecule has 6 aromatic carbocycles. The molecule has 5 heteroatoms. The molecule has 2 aliphatic rings. The lowest BCUT2D eigenvalue weighted by atomic mass is 9.72. The quantitative estimate of drug-likeness (QED) is 0.173. The topological polar surface area (TPSA) is 31.8 Å². The highest BCUT2D eigenvalue weighted by atomic mass is 16.5. The summed E-state index contributed by atoms with van der Waals surface area (Å²) in [6.07, 6.45) is 1.87. The average Bonchev–Trinajstić information content (AvgIpc) is 3.55. The van der Waals surface area contributed by atoms with E-state index in [9.17, 15) is 0 Å². The Balaban J connectivity index is 1.15. The van der Waals surface area contributed by atoms with Crippen LogP contribution in [0.5, 0.6) is 11.5 Å². The molecule has 0 radical (unpaired) electrons. The number of anilines is 7. The van der Waals surface area contributed by atoms with E-state index in [1.165, 1.54) is 50.6 Å². The van der Waals surface area contributed by atoms with Gasteiger partial charge in [0.1, 0.15) is 18.2 Å². The fourth-order valence-corrected chi connectivity index (χ4v) is 8.48. The molecule has 0 bridgehead atoms. The van der Waals surface area contributed by atoms with E-state index in [0.717, 1.165) is 39.8 Å². The second-order valence-electron chi connectivity index (χ2n) is 14.7. The van der Waals surface area contributed by atoms with E-state index in [2.05, 4.69) is 183 Å². The predicted molar refractivity (Wildman–Crippen MR) is 219 cm³/mol. The zero-order valence-corrected chi connectivity index (χ0v) is 30.8. The van der Waals surface area contributed by atoms with Gasteiger partial charge in [-0.25, -0.2) is 0 Å². The van der Waals surface area contributed by atoms with Crippen molar-refractivity contribution in [2.24, 2.45) is 0 Å². The van der Waals surface area contributed by atoms with Gasteiger partial charge in [0.15, 0.2) is 0 Å². The van der Waals surface area contributed by atoms with Crippen molar-refractivity contribution in [1.29, 1.82) is 0 Å². The molecule has 1 aromatic heterocycles. The fraction of sp³-hybridized carbons (Fsp3) is 0.146. The van der Waals surface area contributed by atoms with E-state index in [1.54, 1.807) is 0 Å².